The van der Waals surface area contributed by atoms with Crippen molar-refractivity contribution in [2.24, 2.45) is 11.7 Å². The standard InChI is InChI=1S/C13H20N4O/c1-17(2)13(18)12-7-11(3-4-15-12)16-8-9-5-10(14)6-9/h3-4,7,9-10H,5-6,8,14H2,1-2H3,(H,15,16). The van der Waals surface area contributed by atoms with E-state index in [0.29, 0.717) is 17.7 Å². The van der Waals surface area contributed by atoms with E-state index in [9.17, 15) is 4.79 Å². The predicted octanol–water partition coefficient (Wildman–Crippen LogP) is 0.933. The molecule has 3 N–H and O–H groups in total. The van der Waals surface area contributed by atoms with Crippen molar-refractivity contribution in [1.29, 1.82) is 0 Å². The van der Waals surface area contributed by atoms with Crippen LogP contribution in [0.2, 0.25) is 0 Å². The fraction of sp³-hybridized carbons (Fsp3) is 0.538. The first-order valence-corrected chi connectivity index (χ1v) is 6.23. The number of nitrogens with zero attached hydrogens (tertiary/aromatic N) is 2. The van der Waals surface area contributed by atoms with E-state index in [1.165, 1.54) is 4.90 Å². The number of rotatable bonds is 4. The summed E-state index contributed by atoms with van der Waals surface area (Å²) >= 11 is 0. The topological polar surface area (TPSA) is 71.2 Å². The van der Waals surface area contributed by atoms with E-state index in [1.54, 1.807) is 26.4 Å². The minimum absolute atomic E-state index is 0.0793. The number of nitrogens with one attached hydrogen (secondary N) is 1. The first-order valence-electron chi connectivity index (χ1n) is 6.23. The van der Waals surface area contributed by atoms with Crippen molar-refractivity contribution < 1.29 is 4.79 Å². The minimum atomic E-state index is -0.0793. The maximum atomic E-state index is 11.8. The Morgan fingerprint density at radius 2 is 2.28 bits per heavy atom. The number of aromatic nitrogens is 1. The van der Waals surface area contributed by atoms with Crippen LogP contribution in [0.25, 0.3) is 0 Å². The van der Waals surface area contributed by atoms with Crippen molar-refractivity contribution in [3.63, 3.8) is 0 Å². The number of hydrogen-bond donors (Lipinski definition) is 2. The van der Waals surface area contributed by atoms with E-state index in [2.05, 4.69) is 10.3 Å². The zero-order chi connectivity index (χ0) is 13.1. The average molecular weight is 248 g/mol. The second kappa shape index (κ2) is 5.35. The zero-order valence-corrected chi connectivity index (χ0v) is 10.9. The first-order chi connectivity index (χ1) is 8.56. The normalized spacial score (nSPS) is 22.2. The molecular weight excluding hydrogens is 228 g/mol. The summed E-state index contributed by atoms with van der Waals surface area (Å²) in [6.07, 6.45) is 3.83. The molecule has 0 radical (unpaired) electrons. The SMILES string of the molecule is CN(C)C(=O)c1cc(NCC2CC(N)C2)ccn1. The van der Waals surface area contributed by atoms with Gasteiger partial charge in [0.15, 0.2) is 0 Å². The molecule has 1 aliphatic rings. The molecule has 0 saturated heterocycles. The lowest BCUT2D eigenvalue weighted by Gasteiger charge is -2.32. The van der Waals surface area contributed by atoms with Gasteiger partial charge in [-0.25, -0.2) is 0 Å². The van der Waals surface area contributed by atoms with Gasteiger partial charge in [-0.1, -0.05) is 0 Å². The van der Waals surface area contributed by atoms with E-state index < -0.39 is 0 Å². The maximum Gasteiger partial charge on any atom is 0.272 e. The lowest BCUT2D eigenvalue weighted by atomic mass is 9.81. The van der Waals surface area contributed by atoms with Crippen molar-refractivity contribution in [3.8, 4) is 0 Å². The smallest absolute Gasteiger partial charge is 0.272 e. The summed E-state index contributed by atoms with van der Waals surface area (Å²) < 4.78 is 0. The van der Waals surface area contributed by atoms with E-state index in [0.717, 1.165) is 25.1 Å². The van der Waals surface area contributed by atoms with Crippen LogP contribution in [0.1, 0.15) is 23.3 Å². The fourth-order valence-electron chi connectivity index (χ4n) is 2.10. The lowest BCUT2D eigenvalue weighted by molar-refractivity contribution is 0.0822. The van der Waals surface area contributed by atoms with Gasteiger partial charge in [0.2, 0.25) is 0 Å². The molecule has 0 spiro atoms. The van der Waals surface area contributed by atoms with Gasteiger partial charge >= 0.3 is 0 Å². The van der Waals surface area contributed by atoms with Crippen LogP contribution in [0.15, 0.2) is 18.3 Å². The second-order valence-corrected chi connectivity index (χ2v) is 5.11. The molecule has 0 aromatic carbocycles. The molecule has 98 valence electrons. The third kappa shape index (κ3) is 2.98. The molecule has 18 heavy (non-hydrogen) atoms. The van der Waals surface area contributed by atoms with Crippen molar-refractivity contribution in [1.82, 2.24) is 9.88 Å². The van der Waals surface area contributed by atoms with Crippen molar-refractivity contribution in [2.45, 2.75) is 18.9 Å². The van der Waals surface area contributed by atoms with Crippen LogP contribution in [0.4, 0.5) is 5.69 Å². The summed E-state index contributed by atoms with van der Waals surface area (Å²) in [4.78, 5) is 17.4. The maximum absolute atomic E-state index is 11.8. The minimum Gasteiger partial charge on any atom is -0.385 e. The Morgan fingerprint density at radius 1 is 1.56 bits per heavy atom. The van der Waals surface area contributed by atoms with E-state index in [1.807, 2.05) is 6.07 Å². The zero-order valence-electron chi connectivity index (χ0n) is 10.9. The quantitative estimate of drug-likeness (QED) is 0.831. The molecule has 0 bridgehead atoms. The molecular formula is C13H20N4O. The van der Waals surface area contributed by atoms with Gasteiger partial charge in [0, 0.05) is 38.6 Å². The largest absolute Gasteiger partial charge is 0.385 e. The number of pyridine rings is 1. The molecule has 1 aliphatic carbocycles. The Kier molecular flexibility index (Phi) is 3.81. The summed E-state index contributed by atoms with van der Waals surface area (Å²) in [7, 11) is 3.44. The molecule has 1 saturated carbocycles. The van der Waals surface area contributed by atoms with Crippen molar-refractivity contribution in [2.75, 3.05) is 26.0 Å². The summed E-state index contributed by atoms with van der Waals surface area (Å²) in [5.41, 5.74) is 7.16. The van der Waals surface area contributed by atoms with Gasteiger partial charge in [-0.2, -0.15) is 0 Å². The molecule has 0 atom stereocenters. The molecule has 1 heterocycles. The highest BCUT2D eigenvalue weighted by Crippen LogP contribution is 2.25. The Balaban J connectivity index is 1.93. The molecule has 5 heteroatoms. The third-order valence-electron chi connectivity index (χ3n) is 3.25. The number of carbonyl (C=O) groups excluding carboxylic acids is 1. The van der Waals surface area contributed by atoms with E-state index in [4.69, 9.17) is 5.73 Å². The van der Waals surface area contributed by atoms with Gasteiger partial charge in [0.1, 0.15) is 5.69 Å². The Morgan fingerprint density at radius 3 is 2.89 bits per heavy atom. The molecule has 0 unspecified atom stereocenters. The third-order valence-corrected chi connectivity index (χ3v) is 3.25. The fourth-order valence-corrected chi connectivity index (χ4v) is 2.10. The second-order valence-electron chi connectivity index (χ2n) is 5.11. The first kappa shape index (κ1) is 12.8. The van der Waals surface area contributed by atoms with Gasteiger partial charge in [0.25, 0.3) is 5.91 Å². The lowest BCUT2D eigenvalue weighted by Crippen LogP contribution is -2.39. The van der Waals surface area contributed by atoms with Gasteiger partial charge in [-0.05, 0) is 30.9 Å². The Labute approximate surface area is 107 Å². The van der Waals surface area contributed by atoms with Crippen molar-refractivity contribution >= 4 is 11.6 Å². The number of hydrogen-bond acceptors (Lipinski definition) is 4. The average Bonchev–Trinajstić information content (AvgIpc) is 2.32. The van der Waals surface area contributed by atoms with Crippen LogP contribution >= 0.6 is 0 Å². The molecule has 2 rings (SSSR count). The summed E-state index contributed by atoms with van der Waals surface area (Å²) in [6, 6.07) is 4.05. The summed E-state index contributed by atoms with van der Waals surface area (Å²) in [5.74, 6) is 0.575. The van der Waals surface area contributed by atoms with Gasteiger partial charge in [0.05, 0.1) is 0 Å². The van der Waals surface area contributed by atoms with Crippen LogP contribution < -0.4 is 11.1 Å². The molecule has 0 aliphatic heterocycles. The molecule has 5 nitrogen and oxygen atoms in total. The molecule has 1 fully saturated rings. The number of carbonyl (C=O) groups is 1. The monoisotopic (exact) mass is 248 g/mol. The Bertz CT molecular complexity index is 427. The van der Waals surface area contributed by atoms with Crippen molar-refractivity contribution in [3.05, 3.63) is 24.0 Å². The molecule has 1 aromatic heterocycles. The highest BCUT2D eigenvalue weighted by atomic mass is 16.2. The number of anilines is 1. The summed E-state index contributed by atoms with van der Waals surface area (Å²) in [6.45, 7) is 0.910. The predicted molar refractivity (Wildman–Crippen MR) is 71.4 cm³/mol. The highest BCUT2D eigenvalue weighted by Gasteiger charge is 2.25. The van der Waals surface area contributed by atoms with Gasteiger partial charge in [-0.3, -0.25) is 9.78 Å². The van der Waals surface area contributed by atoms with Crippen LogP contribution in [-0.4, -0.2) is 42.5 Å². The van der Waals surface area contributed by atoms with E-state index in [-0.39, 0.29) is 5.91 Å². The highest BCUT2D eigenvalue weighted by molar-refractivity contribution is 5.92. The van der Waals surface area contributed by atoms with Crippen LogP contribution in [-0.2, 0) is 0 Å². The van der Waals surface area contributed by atoms with Gasteiger partial charge in [-0.15, -0.1) is 0 Å². The summed E-state index contributed by atoms with van der Waals surface area (Å²) in [5, 5.41) is 3.34. The van der Waals surface area contributed by atoms with Crippen LogP contribution in [0.5, 0.6) is 0 Å². The number of amides is 1. The number of nitrogens with two attached hydrogens (primary N) is 1. The Hall–Kier alpha value is -1.62. The van der Waals surface area contributed by atoms with Gasteiger partial charge < -0.3 is 16.0 Å². The molecule has 1 amide bonds. The molecule has 1 aromatic rings. The van der Waals surface area contributed by atoms with Crippen LogP contribution in [0.3, 0.4) is 0 Å². The van der Waals surface area contributed by atoms with E-state index >= 15 is 0 Å². The van der Waals surface area contributed by atoms with Crippen LogP contribution in [0, 0.1) is 5.92 Å².